The molecule has 1 aliphatic heterocycles. The molecular weight excluding hydrogens is 230 g/mol. The van der Waals surface area contributed by atoms with Gasteiger partial charge in [-0.2, -0.15) is 0 Å². The molecule has 1 aromatic carbocycles. The molecule has 1 aliphatic rings. The lowest BCUT2D eigenvalue weighted by molar-refractivity contribution is 0.0241. The molecule has 0 saturated heterocycles. The first kappa shape index (κ1) is 12.7. The quantitative estimate of drug-likeness (QED) is 0.769. The summed E-state index contributed by atoms with van der Waals surface area (Å²) in [6.07, 6.45) is -0.337. The Balaban J connectivity index is 2.15. The highest BCUT2D eigenvalue weighted by atomic mass is 16.6. The topological polar surface area (TPSA) is 49.8 Å². The molecule has 0 spiro atoms. The van der Waals surface area contributed by atoms with Crippen LogP contribution in [0.5, 0.6) is 5.75 Å². The fraction of sp³-hybridized carbons (Fsp3) is 0.500. The van der Waals surface area contributed by atoms with Crippen molar-refractivity contribution in [1.29, 1.82) is 0 Å². The second kappa shape index (κ2) is 4.19. The Hall–Kier alpha value is -1.71. The van der Waals surface area contributed by atoms with Crippen LogP contribution in [0.15, 0.2) is 12.1 Å². The van der Waals surface area contributed by atoms with Crippen LogP contribution < -0.4 is 0 Å². The second-order valence-corrected chi connectivity index (χ2v) is 5.71. The van der Waals surface area contributed by atoms with Crippen LogP contribution in [0.4, 0.5) is 4.79 Å². The van der Waals surface area contributed by atoms with Gasteiger partial charge in [0.15, 0.2) is 0 Å². The maximum absolute atomic E-state index is 11.9. The zero-order chi connectivity index (χ0) is 13.5. The highest BCUT2D eigenvalue weighted by Gasteiger charge is 2.29. The van der Waals surface area contributed by atoms with E-state index in [1.807, 2.05) is 39.8 Å². The summed E-state index contributed by atoms with van der Waals surface area (Å²) in [4.78, 5) is 13.6. The molecule has 0 aromatic heterocycles. The molecule has 0 fully saturated rings. The van der Waals surface area contributed by atoms with Crippen molar-refractivity contribution in [2.24, 2.45) is 0 Å². The highest BCUT2D eigenvalue weighted by molar-refractivity contribution is 5.70. The molecule has 1 aromatic rings. The Morgan fingerprint density at radius 3 is 2.61 bits per heavy atom. The van der Waals surface area contributed by atoms with Crippen LogP contribution in [0.25, 0.3) is 0 Å². The molecule has 0 radical (unpaired) electrons. The molecular formula is C14H19NO3. The Morgan fingerprint density at radius 2 is 2.00 bits per heavy atom. The molecule has 18 heavy (non-hydrogen) atoms. The van der Waals surface area contributed by atoms with Crippen molar-refractivity contribution in [2.75, 3.05) is 0 Å². The number of rotatable bonds is 0. The third-order valence-corrected chi connectivity index (χ3v) is 2.94. The highest BCUT2D eigenvalue weighted by Crippen LogP contribution is 2.33. The van der Waals surface area contributed by atoms with Crippen LogP contribution in [0.1, 0.15) is 37.5 Å². The van der Waals surface area contributed by atoms with Gasteiger partial charge in [0.1, 0.15) is 11.4 Å². The molecule has 1 amide bonds. The molecule has 0 aliphatic carbocycles. The van der Waals surface area contributed by atoms with E-state index in [0.717, 1.165) is 16.7 Å². The zero-order valence-electron chi connectivity index (χ0n) is 11.3. The van der Waals surface area contributed by atoms with Crippen LogP contribution in [-0.2, 0) is 17.8 Å². The molecule has 4 heteroatoms. The Bertz CT molecular complexity index is 489. The number of ether oxygens (including phenoxy) is 1. The van der Waals surface area contributed by atoms with Crippen LogP contribution >= 0.6 is 0 Å². The largest absolute Gasteiger partial charge is 0.507 e. The number of carbonyl (C=O) groups is 1. The SMILES string of the molecule is Cc1ccc2c(c1O)CN(C(=O)OC(C)(C)C)C2. The molecule has 1 N–H and O–H groups in total. The van der Waals surface area contributed by atoms with Crippen molar-refractivity contribution in [3.63, 3.8) is 0 Å². The van der Waals surface area contributed by atoms with Crippen molar-refractivity contribution < 1.29 is 14.6 Å². The van der Waals surface area contributed by atoms with Crippen LogP contribution in [0.2, 0.25) is 0 Å². The van der Waals surface area contributed by atoms with Gasteiger partial charge in [-0.15, -0.1) is 0 Å². The number of phenolic OH excluding ortho intramolecular Hbond substituents is 1. The number of fused-ring (bicyclic) bond motifs is 1. The minimum atomic E-state index is -0.496. The molecule has 4 nitrogen and oxygen atoms in total. The van der Waals surface area contributed by atoms with Gasteiger partial charge >= 0.3 is 6.09 Å². The van der Waals surface area contributed by atoms with Crippen LogP contribution in [0.3, 0.4) is 0 Å². The predicted molar refractivity (Wildman–Crippen MR) is 68.3 cm³/mol. The third-order valence-electron chi connectivity index (χ3n) is 2.94. The number of benzene rings is 1. The third kappa shape index (κ3) is 2.42. The van der Waals surface area contributed by atoms with Crippen LogP contribution in [0, 0.1) is 6.92 Å². The summed E-state index contributed by atoms with van der Waals surface area (Å²) < 4.78 is 5.33. The summed E-state index contributed by atoms with van der Waals surface area (Å²) in [7, 11) is 0. The maximum atomic E-state index is 11.9. The van der Waals surface area contributed by atoms with E-state index in [-0.39, 0.29) is 6.09 Å². The molecule has 0 saturated carbocycles. The molecule has 0 bridgehead atoms. The Morgan fingerprint density at radius 1 is 1.33 bits per heavy atom. The lowest BCUT2D eigenvalue weighted by Crippen LogP contribution is -2.33. The van der Waals surface area contributed by atoms with E-state index >= 15 is 0 Å². The van der Waals surface area contributed by atoms with Gasteiger partial charge in [-0.1, -0.05) is 12.1 Å². The summed E-state index contributed by atoms with van der Waals surface area (Å²) >= 11 is 0. The number of amides is 1. The van der Waals surface area contributed by atoms with Gasteiger partial charge in [-0.25, -0.2) is 4.79 Å². The van der Waals surface area contributed by atoms with E-state index in [1.54, 1.807) is 4.90 Å². The minimum Gasteiger partial charge on any atom is -0.507 e. The smallest absolute Gasteiger partial charge is 0.410 e. The normalized spacial score (nSPS) is 14.6. The van der Waals surface area contributed by atoms with Crippen molar-refractivity contribution in [2.45, 2.75) is 46.4 Å². The minimum absolute atomic E-state index is 0.290. The molecule has 0 atom stereocenters. The average Bonchev–Trinajstić information content (AvgIpc) is 2.66. The number of aromatic hydroxyl groups is 1. The summed E-state index contributed by atoms with van der Waals surface area (Å²) in [5, 5.41) is 9.97. The number of aryl methyl sites for hydroxylation is 1. The lowest BCUT2D eigenvalue weighted by Gasteiger charge is -2.24. The molecule has 0 unspecified atom stereocenters. The van der Waals surface area contributed by atoms with Crippen LogP contribution in [-0.4, -0.2) is 21.7 Å². The number of hydrogen-bond donors (Lipinski definition) is 1. The summed E-state index contributed by atoms with van der Waals surface area (Å²) in [6.45, 7) is 8.29. The Kier molecular flexibility index (Phi) is 2.97. The van der Waals surface area contributed by atoms with Gasteiger partial charge in [-0.3, -0.25) is 4.90 Å². The van der Waals surface area contributed by atoms with Crippen molar-refractivity contribution in [3.8, 4) is 5.75 Å². The van der Waals surface area contributed by atoms with Crippen molar-refractivity contribution in [3.05, 3.63) is 28.8 Å². The van der Waals surface area contributed by atoms with E-state index in [1.165, 1.54) is 0 Å². The van der Waals surface area contributed by atoms with E-state index in [0.29, 0.717) is 18.8 Å². The number of hydrogen-bond acceptors (Lipinski definition) is 3. The van der Waals surface area contributed by atoms with Gasteiger partial charge in [0.25, 0.3) is 0 Å². The van der Waals surface area contributed by atoms with Crippen molar-refractivity contribution in [1.82, 2.24) is 4.90 Å². The first-order valence-corrected chi connectivity index (χ1v) is 6.06. The average molecular weight is 249 g/mol. The number of carbonyl (C=O) groups excluding carboxylic acids is 1. The van der Waals surface area contributed by atoms with Gasteiger partial charge in [0.2, 0.25) is 0 Å². The predicted octanol–water partition coefficient (Wildman–Crippen LogP) is 2.95. The van der Waals surface area contributed by atoms with E-state index in [4.69, 9.17) is 4.74 Å². The van der Waals surface area contributed by atoms with Gasteiger partial charge in [0.05, 0.1) is 6.54 Å². The van der Waals surface area contributed by atoms with Gasteiger partial charge in [-0.05, 0) is 38.8 Å². The monoisotopic (exact) mass is 249 g/mol. The van der Waals surface area contributed by atoms with E-state index in [9.17, 15) is 9.90 Å². The lowest BCUT2D eigenvalue weighted by atomic mass is 10.1. The second-order valence-electron chi connectivity index (χ2n) is 5.71. The first-order valence-electron chi connectivity index (χ1n) is 6.06. The summed E-state index contributed by atoms with van der Waals surface area (Å²) in [6, 6.07) is 3.82. The maximum Gasteiger partial charge on any atom is 0.410 e. The summed E-state index contributed by atoms with van der Waals surface area (Å²) in [5.74, 6) is 0.290. The van der Waals surface area contributed by atoms with Gasteiger partial charge in [0, 0.05) is 12.1 Å². The molecule has 2 rings (SSSR count). The standard InChI is InChI=1S/C14H19NO3/c1-9-5-6-10-7-15(8-11(10)12(9)16)13(17)18-14(2,3)4/h5-6,16H,7-8H2,1-4H3. The van der Waals surface area contributed by atoms with Crippen molar-refractivity contribution >= 4 is 6.09 Å². The fourth-order valence-electron chi connectivity index (χ4n) is 2.03. The summed E-state index contributed by atoms with van der Waals surface area (Å²) in [5.41, 5.74) is 2.16. The Labute approximate surface area is 107 Å². The molecule has 98 valence electrons. The molecule has 1 heterocycles. The zero-order valence-corrected chi connectivity index (χ0v) is 11.3. The van der Waals surface area contributed by atoms with E-state index in [2.05, 4.69) is 0 Å². The number of nitrogens with zero attached hydrogens (tertiary/aromatic N) is 1. The fourth-order valence-corrected chi connectivity index (χ4v) is 2.03. The number of phenols is 1. The van der Waals surface area contributed by atoms with Gasteiger partial charge < -0.3 is 9.84 Å². The van der Waals surface area contributed by atoms with E-state index < -0.39 is 5.60 Å². The first-order chi connectivity index (χ1) is 8.28.